The Morgan fingerprint density at radius 1 is 1.20 bits per heavy atom. The molecule has 6 nitrogen and oxygen atoms in total. The Kier molecular flexibility index (Phi) is 5.26. The number of rotatable bonds is 5. The SMILES string of the molecule is Cc1ccc(NC(=O)COc2ccc([N+](=O)[O-])cc2C(F)(F)F)cc1. The molecular weight excluding hydrogens is 341 g/mol. The van der Waals surface area contributed by atoms with Crippen molar-refractivity contribution in [3.8, 4) is 5.75 Å². The van der Waals surface area contributed by atoms with E-state index in [1.165, 1.54) is 0 Å². The predicted molar refractivity (Wildman–Crippen MR) is 83.4 cm³/mol. The summed E-state index contributed by atoms with van der Waals surface area (Å²) >= 11 is 0. The molecule has 0 aliphatic heterocycles. The van der Waals surface area contributed by atoms with E-state index in [0.29, 0.717) is 11.8 Å². The minimum Gasteiger partial charge on any atom is -0.483 e. The molecule has 25 heavy (non-hydrogen) atoms. The lowest BCUT2D eigenvalue weighted by molar-refractivity contribution is -0.385. The van der Waals surface area contributed by atoms with Gasteiger partial charge in [0.1, 0.15) is 11.3 Å². The summed E-state index contributed by atoms with van der Waals surface area (Å²) in [5, 5.41) is 13.1. The Hall–Kier alpha value is -3.10. The Balaban J connectivity index is 2.10. The number of halogens is 3. The smallest absolute Gasteiger partial charge is 0.420 e. The number of aryl methyl sites for hydroxylation is 1. The molecule has 0 aliphatic carbocycles. The maximum atomic E-state index is 13.0. The summed E-state index contributed by atoms with van der Waals surface area (Å²) in [7, 11) is 0. The van der Waals surface area contributed by atoms with Gasteiger partial charge in [0.05, 0.1) is 4.92 Å². The number of carbonyl (C=O) groups excluding carboxylic acids is 1. The fourth-order valence-electron chi connectivity index (χ4n) is 1.96. The van der Waals surface area contributed by atoms with E-state index >= 15 is 0 Å². The van der Waals surface area contributed by atoms with Crippen molar-refractivity contribution in [1.29, 1.82) is 0 Å². The molecule has 1 N–H and O–H groups in total. The highest BCUT2D eigenvalue weighted by Crippen LogP contribution is 2.38. The monoisotopic (exact) mass is 354 g/mol. The number of ether oxygens (including phenoxy) is 1. The molecule has 0 spiro atoms. The number of nitrogens with one attached hydrogen (secondary N) is 1. The summed E-state index contributed by atoms with van der Waals surface area (Å²) in [6.45, 7) is 1.19. The van der Waals surface area contributed by atoms with Crippen LogP contribution < -0.4 is 10.1 Å². The van der Waals surface area contributed by atoms with Gasteiger partial charge in [0.2, 0.25) is 0 Å². The van der Waals surface area contributed by atoms with Crippen LogP contribution in [0, 0.1) is 17.0 Å². The molecule has 0 radical (unpaired) electrons. The average Bonchev–Trinajstić information content (AvgIpc) is 2.54. The number of hydrogen-bond donors (Lipinski definition) is 1. The van der Waals surface area contributed by atoms with Gasteiger partial charge in [0.25, 0.3) is 11.6 Å². The van der Waals surface area contributed by atoms with E-state index in [0.717, 1.165) is 17.7 Å². The van der Waals surface area contributed by atoms with E-state index in [-0.39, 0.29) is 0 Å². The van der Waals surface area contributed by atoms with Crippen molar-refractivity contribution in [2.24, 2.45) is 0 Å². The maximum Gasteiger partial charge on any atom is 0.420 e. The first-order valence-electron chi connectivity index (χ1n) is 7.02. The lowest BCUT2D eigenvalue weighted by Gasteiger charge is -2.13. The minimum atomic E-state index is -4.85. The Morgan fingerprint density at radius 2 is 1.84 bits per heavy atom. The van der Waals surface area contributed by atoms with Gasteiger partial charge in [-0.2, -0.15) is 13.2 Å². The van der Waals surface area contributed by atoms with Crippen LogP contribution in [0.2, 0.25) is 0 Å². The summed E-state index contributed by atoms with van der Waals surface area (Å²) in [5.74, 6) is -1.31. The number of non-ortho nitro benzene ring substituents is 1. The molecule has 132 valence electrons. The number of nitro groups is 1. The van der Waals surface area contributed by atoms with Crippen LogP contribution in [-0.4, -0.2) is 17.4 Å². The van der Waals surface area contributed by atoms with Crippen LogP contribution in [0.25, 0.3) is 0 Å². The highest BCUT2D eigenvalue weighted by atomic mass is 19.4. The second-order valence-electron chi connectivity index (χ2n) is 5.14. The molecule has 9 heteroatoms. The number of nitrogens with zero attached hydrogens (tertiary/aromatic N) is 1. The van der Waals surface area contributed by atoms with Crippen molar-refractivity contribution < 1.29 is 27.6 Å². The third-order valence-electron chi connectivity index (χ3n) is 3.17. The summed E-state index contributed by atoms with van der Waals surface area (Å²) < 4.78 is 43.9. The van der Waals surface area contributed by atoms with Crippen LogP contribution in [0.5, 0.6) is 5.75 Å². The molecule has 0 atom stereocenters. The van der Waals surface area contributed by atoms with Crippen LogP contribution in [-0.2, 0) is 11.0 Å². The number of benzene rings is 2. The summed E-state index contributed by atoms with van der Waals surface area (Å²) in [4.78, 5) is 21.5. The van der Waals surface area contributed by atoms with E-state index in [1.54, 1.807) is 24.3 Å². The summed E-state index contributed by atoms with van der Waals surface area (Å²) in [6, 6.07) is 8.86. The number of alkyl halides is 3. The molecule has 0 aromatic heterocycles. The van der Waals surface area contributed by atoms with E-state index < -0.39 is 40.6 Å². The first-order chi connectivity index (χ1) is 11.7. The normalized spacial score (nSPS) is 11.0. The number of nitro benzene ring substituents is 1. The van der Waals surface area contributed by atoms with Gasteiger partial charge in [0.15, 0.2) is 6.61 Å². The Morgan fingerprint density at radius 3 is 2.40 bits per heavy atom. The van der Waals surface area contributed by atoms with E-state index in [4.69, 9.17) is 4.74 Å². The van der Waals surface area contributed by atoms with Crippen molar-refractivity contribution in [2.75, 3.05) is 11.9 Å². The van der Waals surface area contributed by atoms with Gasteiger partial charge in [-0.3, -0.25) is 14.9 Å². The van der Waals surface area contributed by atoms with Crippen molar-refractivity contribution in [3.63, 3.8) is 0 Å². The standard InChI is InChI=1S/C16H13F3N2O4/c1-10-2-4-11(5-3-10)20-15(22)9-25-14-7-6-12(21(23)24)8-13(14)16(17,18)19/h2-8H,9H2,1H3,(H,20,22). The fraction of sp³-hybridized carbons (Fsp3) is 0.188. The van der Waals surface area contributed by atoms with E-state index in [2.05, 4.69) is 5.32 Å². The van der Waals surface area contributed by atoms with Gasteiger partial charge in [-0.25, -0.2) is 0 Å². The van der Waals surface area contributed by atoms with Gasteiger partial charge in [-0.1, -0.05) is 17.7 Å². The molecule has 0 fully saturated rings. The van der Waals surface area contributed by atoms with Crippen LogP contribution in [0.4, 0.5) is 24.5 Å². The van der Waals surface area contributed by atoms with Crippen LogP contribution in [0.15, 0.2) is 42.5 Å². The molecule has 2 aromatic rings. The van der Waals surface area contributed by atoms with Crippen molar-refractivity contribution >= 4 is 17.3 Å². The highest BCUT2D eigenvalue weighted by Gasteiger charge is 2.36. The van der Waals surface area contributed by atoms with E-state index in [9.17, 15) is 28.1 Å². The lowest BCUT2D eigenvalue weighted by Crippen LogP contribution is -2.21. The third-order valence-corrected chi connectivity index (χ3v) is 3.17. The molecular formula is C16H13F3N2O4. The maximum absolute atomic E-state index is 13.0. The zero-order valence-corrected chi connectivity index (χ0v) is 13.0. The zero-order chi connectivity index (χ0) is 18.6. The van der Waals surface area contributed by atoms with Crippen LogP contribution in [0.3, 0.4) is 0 Å². The lowest BCUT2D eigenvalue weighted by atomic mass is 10.1. The predicted octanol–water partition coefficient (Wildman–Crippen LogP) is 3.94. The number of amides is 1. The number of anilines is 1. The van der Waals surface area contributed by atoms with Gasteiger partial charge < -0.3 is 10.1 Å². The molecule has 2 rings (SSSR count). The average molecular weight is 354 g/mol. The molecule has 0 aliphatic rings. The van der Waals surface area contributed by atoms with Gasteiger partial charge in [-0.05, 0) is 25.1 Å². The zero-order valence-electron chi connectivity index (χ0n) is 13.0. The molecule has 0 bridgehead atoms. The first kappa shape index (κ1) is 18.2. The number of hydrogen-bond acceptors (Lipinski definition) is 4. The van der Waals surface area contributed by atoms with Crippen molar-refractivity contribution in [1.82, 2.24) is 0 Å². The molecule has 0 saturated carbocycles. The molecule has 1 amide bonds. The summed E-state index contributed by atoms with van der Waals surface area (Å²) in [5.41, 5.74) is -0.581. The molecule has 0 saturated heterocycles. The topological polar surface area (TPSA) is 81.5 Å². The molecule has 2 aromatic carbocycles. The van der Waals surface area contributed by atoms with Crippen molar-refractivity contribution in [3.05, 3.63) is 63.7 Å². The quantitative estimate of drug-likeness (QED) is 0.651. The Labute approximate surface area is 140 Å². The fourth-order valence-corrected chi connectivity index (χ4v) is 1.96. The van der Waals surface area contributed by atoms with Gasteiger partial charge in [0, 0.05) is 17.8 Å². The largest absolute Gasteiger partial charge is 0.483 e. The van der Waals surface area contributed by atoms with E-state index in [1.807, 2.05) is 6.92 Å². The summed E-state index contributed by atoms with van der Waals surface area (Å²) in [6.07, 6.45) is -4.85. The van der Waals surface area contributed by atoms with Crippen LogP contribution >= 0.6 is 0 Å². The van der Waals surface area contributed by atoms with Gasteiger partial charge >= 0.3 is 6.18 Å². The minimum absolute atomic E-state index is 0.368. The second kappa shape index (κ2) is 7.20. The third kappa shape index (κ3) is 4.93. The van der Waals surface area contributed by atoms with Crippen molar-refractivity contribution in [2.45, 2.75) is 13.1 Å². The second-order valence-corrected chi connectivity index (χ2v) is 5.14. The number of carbonyl (C=O) groups is 1. The first-order valence-corrected chi connectivity index (χ1v) is 7.02. The molecule has 0 unspecified atom stereocenters. The molecule has 0 heterocycles. The van der Waals surface area contributed by atoms with Gasteiger partial charge in [-0.15, -0.1) is 0 Å². The Bertz CT molecular complexity index is 789. The highest BCUT2D eigenvalue weighted by molar-refractivity contribution is 5.91. The van der Waals surface area contributed by atoms with Crippen LogP contribution in [0.1, 0.15) is 11.1 Å².